The Kier molecular flexibility index (Phi) is 4.87. The Morgan fingerprint density at radius 3 is 2.83 bits per heavy atom. The molecule has 0 fully saturated rings. The van der Waals surface area contributed by atoms with Crippen molar-refractivity contribution in [2.24, 2.45) is 0 Å². The third-order valence-corrected chi connectivity index (χ3v) is 3.87. The van der Waals surface area contributed by atoms with E-state index < -0.39 is 6.10 Å². The molecule has 0 aliphatic carbocycles. The van der Waals surface area contributed by atoms with E-state index in [0.717, 1.165) is 17.0 Å². The fourth-order valence-electron chi connectivity index (χ4n) is 1.88. The molecule has 4 heteroatoms. The summed E-state index contributed by atoms with van der Waals surface area (Å²) in [5, 5.41) is 15.6. The second kappa shape index (κ2) is 6.64. The highest BCUT2D eigenvalue weighted by Gasteiger charge is 2.19. The minimum absolute atomic E-state index is 0.0608. The van der Waals surface area contributed by atoms with Crippen molar-refractivity contribution in [2.75, 3.05) is 0 Å². The lowest BCUT2D eigenvalue weighted by Crippen LogP contribution is -2.33. The number of thiophene rings is 1. The summed E-state index contributed by atoms with van der Waals surface area (Å²) in [6.07, 6.45) is 2.22. The van der Waals surface area contributed by atoms with Gasteiger partial charge in [0.2, 0.25) is 0 Å². The van der Waals surface area contributed by atoms with Gasteiger partial charge in [-0.15, -0.1) is 11.3 Å². The third-order valence-electron chi connectivity index (χ3n) is 2.93. The lowest BCUT2D eigenvalue weighted by molar-refractivity contribution is 0.128. The smallest absolute Gasteiger partial charge is 0.103 e. The number of hydrogen-bond donors (Lipinski definition) is 2. The van der Waals surface area contributed by atoms with E-state index in [0.29, 0.717) is 6.54 Å². The quantitative estimate of drug-likeness (QED) is 0.841. The summed E-state index contributed by atoms with van der Waals surface area (Å²) in [5.74, 6) is 0. The molecule has 0 amide bonds. The molecule has 2 aromatic heterocycles. The van der Waals surface area contributed by atoms with E-state index in [1.165, 1.54) is 0 Å². The number of pyridine rings is 1. The molecule has 2 heterocycles. The lowest BCUT2D eigenvalue weighted by Gasteiger charge is -2.22. The monoisotopic (exact) mass is 262 g/mol. The van der Waals surface area contributed by atoms with Crippen molar-refractivity contribution in [3.63, 3.8) is 0 Å². The van der Waals surface area contributed by atoms with Gasteiger partial charge in [-0.3, -0.25) is 4.98 Å². The van der Waals surface area contributed by atoms with Crippen LogP contribution in [0.2, 0.25) is 0 Å². The maximum atomic E-state index is 10.3. The number of nitrogens with one attached hydrogen (secondary N) is 1. The first kappa shape index (κ1) is 13.2. The van der Waals surface area contributed by atoms with Crippen LogP contribution in [0.5, 0.6) is 0 Å². The van der Waals surface area contributed by atoms with Crippen molar-refractivity contribution >= 4 is 11.3 Å². The van der Waals surface area contributed by atoms with Gasteiger partial charge in [0, 0.05) is 23.7 Å². The summed E-state index contributed by atoms with van der Waals surface area (Å²) in [4.78, 5) is 5.28. The van der Waals surface area contributed by atoms with E-state index in [9.17, 15) is 5.11 Å². The lowest BCUT2D eigenvalue weighted by atomic mass is 10.1. The zero-order valence-electron chi connectivity index (χ0n) is 10.4. The molecule has 0 saturated carbocycles. The van der Waals surface area contributed by atoms with Gasteiger partial charge in [-0.05, 0) is 30.0 Å². The first-order chi connectivity index (χ1) is 8.81. The van der Waals surface area contributed by atoms with Crippen molar-refractivity contribution in [1.29, 1.82) is 0 Å². The van der Waals surface area contributed by atoms with Crippen LogP contribution in [0.25, 0.3) is 0 Å². The molecule has 2 unspecified atom stereocenters. The molecule has 0 saturated heterocycles. The SMILES string of the molecule is CCC(NCc1ccccn1)C(O)c1cccs1. The summed E-state index contributed by atoms with van der Waals surface area (Å²) < 4.78 is 0. The number of aliphatic hydroxyl groups is 1. The highest BCUT2D eigenvalue weighted by molar-refractivity contribution is 7.10. The molecule has 2 rings (SSSR count). The number of rotatable bonds is 6. The van der Waals surface area contributed by atoms with Gasteiger partial charge in [0.25, 0.3) is 0 Å². The van der Waals surface area contributed by atoms with Crippen LogP contribution in [0.15, 0.2) is 41.9 Å². The first-order valence-corrected chi connectivity index (χ1v) is 7.04. The Morgan fingerprint density at radius 1 is 1.33 bits per heavy atom. The molecular weight excluding hydrogens is 244 g/mol. The van der Waals surface area contributed by atoms with Crippen LogP contribution in [0.3, 0.4) is 0 Å². The molecule has 0 aromatic carbocycles. The Morgan fingerprint density at radius 2 is 2.22 bits per heavy atom. The molecular formula is C14H18N2OS. The van der Waals surface area contributed by atoms with Gasteiger partial charge in [0.1, 0.15) is 6.10 Å². The number of aliphatic hydroxyl groups excluding tert-OH is 1. The van der Waals surface area contributed by atoms with E-state index in [1.807, 2.05) is 35.7 Å². The van der Waals surface area contributed by atoms with E-state index in [4.69, 9.17) is 0 Å². The fourth-order valence-corrected chi connectivity index (χ4v) is 2.65. The second-order valence-corrected chi connectivity index (χ2v) is 5.16. The Labute approximate surface area is 112 Å². The van der Waals surface area contributed by atoms with Gasteiger partial charge < -0.3 is 10.4 Å². The molecule has 96 valence electrons. The van der Waals surface area contributed by atoms with Crippen LogP contribution in [-0.2, 0) is 6.54 Å². The van der Waals surface area contributed by atoms with Crippen molar-refractivity contribution in [3.8, 4) is 0 Å². The molecule has 0 aliphatic heterocycles. The second-order valence-electron chi connectivity index (χ2n) is 4.18. The summed E-state index contributed by atoms with van der Waals surface area (Å²) in [6.45, 7) is 2.76. The normalized spacial score (nSPS) is 14.3. The van der Waals surface area contributed by atoms with Crippen molar-refractivity contribution in [1.82, 2.24) is 10.3 Å². The summed E-state index contributed by atoms with van der Waals surface area (Å²) in [6, 6.07) is 9.86. The molecule has 0 radical (unpaired) electrons. The van der Waals surface area contributed by atoms with Gasteiger partial charge in [0.05, 0.1) is 5.69 Å². The van der Waals surface area contributed by atoms with E-state index in [1.54, 1.807) is 17.5 Å². The van der Waals surface area contributed by atoms with E-state index >= 15 is 0 Å². The summed E-state index contributed by atoms with van der Waals surface area (Å²) in [5.41, 5.74) is 0.995. The highest BCUT2D eigenvalue weighted by atomic mass is 32.1. The maximum Gasteiger partial charge on any atom is 0.103 e. The molecule has 2 aromatic rings. The predicted molar refractivity (Wildman–Crippen MR) is 74.4 cm³/mol. The maximum absolute atomic E-state index is 10.3. The van der Waals surface area contributed by atoms with Crippen molar-refractivity contribution < 1.29 is 5.11 Å². The zero-order chi connectivity index (χ0) is 12.8. The van der Waals surface area contributed by atoms with Gasteiger partial charge in [-0.1, -0.05) is 19.1 Å². The largest absolute Gasteiger partial charge is 0.386 e. The van der Waals surface area contributed by atoms with Crippen LogP contribution in [0.1, 0.15) is 30.0 Å². The van der Waals surface area contributed by atoms with Crippen molar-refractivity contribution in [3.05, 3.63) is 52.5 Å². The van der Waals surface area contributed by atoms with Gasteiger partial charge >= 0.3 is 0 Å². The standard InChI is InChI=1S/C14H18N2OS/c1-2-12(14(17)13-7-5-9-18-13)16-10-11-6-3-4-8-15-11/h3-9,12,14,16-17H,2,10H2,1H3. The molecule has 0 aliphatic rings. The van der Waals surface area contributed by atoms with Crippen molar-refractivity contribution in [2.45, 2.75) is 32.0 Å². The van der Waals surface area contributed by atoms with Crippen LogP contribution in [-0.4, -0.2) is 16.1 Å². The average molecular weight is 262 g/mol. The molecule has 18 heavy (non-hydrogen) atoms. The fraction of sp³-hybridized carbons (Fsp3) is 0.357. The molecule has 2 N–H and O–H groups in total. The van der Waals surface area contributed by atoms with Gasteiger partial charge in [0.15, 0.2) is 0 Å². The average Bonchev–Trinajstić information content (AvgIpc) is 2.94. The number of aromatic nitrogens is 1. The van der Waals surface area contributed by atoms with Crippen LogP contribution in [0, 0.1) is 0 Å². The molecule has 2 atom stereocenters. The highest BCUT2D eigenvalue weighted by Crippen LogP contribution is 2.23. The predicted octanol–water partition coefficient (Wildman–Crippen LogP) is 2.74. The zero-order valence-corrected chi connectivity index (χ0v) is 11.2. The number of nitrogens with zero attached hydrogens (tertiary/aromatic N) is 1. The van der Waals surface area contributed by atoms with Gasteiger partial charge in [-0.25, -0.2) is 0 Å². The minimum atomic E-state index is -0.446. The van der Waals surface area contributed by atoms with E-state index in [2.05, 4.69) is 17.2 Å². The summed E-state index contributed by atoms with van der Waals surface area (Å²) in [7, 11) is 0. The topological polar surface area (TPSA) is 45.2 Å². The first-order valence-electron chi connectivity index (χ1n) is 6.16. The molecule has 3 nitrogen and oxygen atoms in total. The van der Waals surface area contributed by atoms with Crippen LogP contribution >= 0.6 is 11.3 Å². The minimum Gasteiger partial charge on any atom is -0.386 e. The Hall–Kier alpha value is -1.23. The number of hydrogen-bond acceptors (Lipinski definition) is 4. The van der Waals surface area contributed by atoms with E-state index in [-0.39, 0.29) is 6.04 Å². The Balaban J connectivity index is 1.93. The van der Waals surface area contributed by atoms with Crippen LogP contribution < -0.4 is 5.32 Å². The Bertz CT molecular complexity index is 444. The van der Waals surface area contributed by atoms with Gasteiger partial charge in [-0.2, -0.15) is 0 Å². The van der Waals surface area contributed by atoms with Crippen LogP contribution in [0.4, 0.5) is 0 Å². The third kappa shape index (κ3) is 3.38. The summed E-state index contributed by atoms with van der Waals surface area (Å²) >= 11 is 1.59. The molecule has 0 spiro atoms. The molecule has 0 bridgehead atoms.